The molecule has 2 atom stereocenters. The Kier molecular flexibility index (Phi) is 3.48. The van der Waals surface area contributed by atoms with Gasteiger partial charge in [0.15, 0.2) is 12.5 Å². The smallest absolute Gasteiger partial charge is 0.335 e. The third-order valence-electron chi connectivity index (χ3n) is 2.79. The summed E-state index contributed by atoms with van der Waals surface area (Å²) in [6.07, 6.45) is -2.67. The van der Waals surface area contributed by atoms with E-state index < -0.39 is 28.5 Å². The second kappa shape index (κ2) is 4.80. The molecule has 19 heavy (non-hydrogen) atoms. The SMILES string of the molecule is CO[C@H]1[C@H](O)NC(=O)N1S(=O)(=O)c1ccc(C)cc1. The van der Waals surface area contributed by atoms with Gasteiger partial charge < -0.3 is 15.2 Å². The number of rotatable bonds is 3. The van der Waals surface area contributed by atoms with Crippen molar-refractivity contribution < 1.29 is 23.1 Å². The Morgan fingerprint density at radius 3 is 2.42 bits per heavy atom. The van der Waals surface area contributed by atoms with Gasteiger partial charge in [-0.1, -0.05) is 17.7 Å². The van der Waals surface area contributed by atoms with E-state index in [1.54, 1.807) is 12.1 Å². The molecule has 1 aromatic carbocycles. The number of aryl methyl sites for hydroxylation is 1. The van der Waals surface area contributed by atoms with Crippen molar-refractivity contribution in [1.29, 1.82) is 0 Å². The number of aliphatic hydroxyl groups is 1. The van der Waals surface area contributed by atoms with Crippen molar-refractivity contribution in [3.63, 3.8) is 0 Å². The molecule has 0 spiro atoms. The highest BCUT2D eigenvalue weighted by molar-refractivity contribution is 7.89. The van der Waals surface area contributed by atoms with E-state index in [0.717, 1.165) is 5.56 Å². The van der Waals surface area contributed by atoms with Crippen LogP contribution in [0, 0.1) is 6.92 Å². The summed E-state index contributed by atoms with van der Waals surface area (Å²) in [7, 11) is -2.85. The number of carbonyl (C=O) groups is 1. The van der Waals surface area contributed by atoms with Gasteiger partial charge in [-0.3, -0.25) is 0 Å². The molecule has 0 unspecified atom stereocenters. The molecule has 2 N–H and O–H groups in total. The van der Waals surface area contributed by atoms with Crippen LogP contribution >= 0.6 is 0 Å². The number of ether oxygens (including phenoxy) is 1. The van der Waals surface area contributed by atoms with Gasteiger partial charge >= 0.3 is 6.03 Å². The maximum atomic E-state index is 12.3. The van der Waals surface area contributed by atoms with Gasteiger partial charge in [-0.25, -0.2) is 13.2 Å². The molecule has 0 bridgehead atoms. The Labute approximate surface area is 110 Å². The molecular formula is C11H14N2O5S. The van der Waals surface area contributed by atoms with Crippen molar-refractivity contribution in [2.24, 2.45) is 0 Å². The maximum absolute atomic E-state index is 12.3. The van der Waals surface area contributed by atoms with Gasteiger partial charge in [-0.05, 0) is 19.1 Å². The Hall–Kier alpha value is -1.64. The molecule has 1 aromatic rings. The van der Waals surface area contributed by atoms with Gasteiger partial charge in [0, 0.05) is 7.11 Å². The van der Waals surface area contributed by atoms with Crippen LogP contribution in [0.1, 0.15) is 5.56 Å². The normalized spacial score (nSPS) is 23.5. The first-order chi connectivity index (χ1) is 8.87. The van der Waals surface area contributed by atoms with Crippen molar-refractivity contribution in [3.05, 3.63) is 29.8 Å². The first kappa shape index (κ1) is 13.8. The van der Waals surface area contributed by atoms with Crippen molar-refractivity contribution in [1.82, 2.24) is 9.62 Å². The third kappa shape index (κ3) is 2.29. The van der Waals surface area contributed by atoms with Gasteiger partial charge in [0.1, 0.15) is 0 Å². The number of hydrogen-bond donors (Lipinski definition) is 2. The molecule has 2 rings (SSSR count). The number of urea groups is 1. The van der Waals surface area contributed by atoms with Gasteiger partial charge in [0.2, 0.25) is 0 Å². The Balaban J connectivity index is 2.44. The molecule has 1 fully saturated rings. The minimum absolute atomic E-state index is 0.0376. The van der Waals surface area contributed by atoms with Crippen LogP contribution in [0.3, 0.4) is 0 Å². The van der Waals surface area contributed by atoms with E-state index in [2.05, 4.69) is 5.32 Å². The van der Waals surface area contributed by atoms with Gasteiger partial charge in [-0.15, -0.1) is 0 Å². The summed E-state index contributed by atoms with van der Waals surface area (Å²) in [5.74, 6) is 0. The Bertz CT molecular complexity index is 584. The molecule has 8 heteroatoms. The van der Waals surface area contributed by atoms with E-state index in [0.29, 0.717) is 4.31 Å². The Morgan fingerprint density at radius 1 is 1.32 bits per heavy atom. The van der Waals surface area contributed by atoms with Crippen molar-refractivity contribution in [2.75, 3.05) is 7.11 Å². The summed E-state index contributed by atoms with van der Waals surface area (Å²) in [5.41, 5.74) is 0.896. The molecule has 2 amide bonds. The molecule has 104 valence electrons. The van der Waals surface area contributed by atoms with E-state index >= 15 is 0 Å². The minimum atomic E-state index is -4.06. The van der Waals surface area contributed by atoms with Crippen LogP contribution in [0.2, 0.25) is 0 Å². The Morgan fingerprint density at radius 2 is 1.89 bits per heavy atom. The second-order valence-electron chi connectivity index (χ2n) is 4.13. The van der Waals surface area contributed by atoms with Crippen molar-refractivity contribution in [3.8, 4) is 0 Å². The summed E-state index contributed by atoms with van der Waals surface area (Å²) < 4.78 is 30.0. The third-order valence-corrected chi connectivity index (χ3v) is 4.55. The highest BCUT2D eigenvalue weighted by Crippen LogP contribution is 2.23. The first-order valence-corrected chi connectivity index (χ1v) is 6.94. The van der Waals surface area contributed by atoms with Crippen LogP contribution in [0.15, 0.2) is 29.2 Å². The summed E-state index contributed by atoms with van der Waals surface area (Å²) in [6, 6.07) is 5.13. The average Bonchev–Trinajstić information content (AvgIpc) is 2.64. The number of sulfonamides is 1. The largest absolute Gasteiger partial charge is 0.369 e. The fourth-order valence-electron chi connectivity index (χ4n) is 1.80. The number of methoxy groups -OCH3 is 1. The molecule has 0 radical (unpaired) electrons. The van der Waals surface area contributed by atoms with Crippen LogP contribution in [0.25, 0.3) is 0 Å². The average molecular weight is 286 g/mol. The number of nitrogens with one attached hydrogen (secondary N) is 1. The van der Waals surface area contributed by atoms with Crippen molar-refractivity contribution >= 4 is 16.1 Å². The lowest BCUT2D eigenvalue weighted by Crippen LogP contribution is -2.42. The maximum Gasteiger partial charge on any atom is 0.335 e. The number of carbonyl (C=O) groups excluding carboxylic acids is 1. The van der Waals surface area contributed by atoms with E-state index in [9.17, 15) is 18.3 Å². The minimum Gasteiger partial charge on any atom is -0.369 e. The lowest BCUT2D eigenvalue weighted by Gasteiger charge is -2.22. The molecule has 0 saturated carbocycles. The molecule has 7 nitrogen and oxygen atoms in total. The number of nitrogens with zero attached hydrogens (tertiary/aromatic N) is 1. The van der Waals surface area contributed by atoms with Gasteiger partial charge in [0.05, 0.1) is 4.90 Å². The fourth-order valence-corrected chi connectivity index (χ4v) is 3.25. The number of hydrogen-bond acceptors (Lipinski definition) is 5. The van der Waals surface area contributed by atoms with E-state index in [-0.39, 0.29) is 4.90 Å². The summed E-state index contributed by atoms with van der Waals surface area (Å²) in [6.45, 7) is 1.82. The van der Waals surface area contributed by atoms with E-state index in [4.69, 9.17) is 4.74 Å². The van der Waals surface area contributed by atoms with Crippen LogP contribution in [0.4, 0.5) is 4.79 Å². The molecule has 1 saturated heterocycles. The second-order valence-corrected chi connectivity index (χ2v) is 5.95. The van der Waals surface area contributed by atoms with E-state index in [1.165, 1.54) is 19.2 Å². The fraction of sp³-hybridized carbons (Fsp3) is 0.364. The molecule has 1 aliphatic rings. The van der Waals surface area contributed by atoms with Crippen LogP contribution in [-0.2, 0) is 14.8 Å². The summed E-state index contributed by atoms with van der Waals surface area (Å²) >= 11 is 0. The zero-order valence-corrected chi connectivity index (χ0v) is 11.2. The molecule has 1 heterocycles. The first-order valence-electron chi connectivity index (χ1n) is 5.50. The highest BCUT2D eigenvalue weighted by Gasteiger charge is 2.46. The topological polar surface area (TPSA) is 95.9 Å². The summed E-state index contributed by atoms with van der Waals surface area (Å²) in [4.78, 5) is 11.6. The number of aliphatic hydroxyl groups excluding tert-OH is 1. The molecular weight excluding hydrogens is 272 g/mol. The number of benzene rings is 1. The van der Waals surface area contributed by atoms with Crippen LogP contribution in [-0.4, -0.2) is 43.4 Å². The van der Waals surface area contributed by atoms with Gasteiger partial charge in [-0.2, -0.15) is 4.31 Å². The summed E-state index contributed by atoms with van der Waals surface area (Å²) in [5, 5.41) is 11.6. The standard InChI is InChI=1S/C11H14N2O5S/c1-7-3-5-8(6-4-7)19(16,17)13-10(18-2)9(14)12-11(13)15/h3-6,9-10,14H,1-2H3,(H,12,15)/t9-,10-/m0/s1. The zero-order valence-electron chi connectivity index (χ0n) is 10.4. The highest BCUT2D eigenvalue weighted by atomic mass is 32.2. The van der Waals surface area contributed by atoms with Gasteiger partial charge in [0.25, 0.3) is 10.0 Å². The molecule has 0 aliphatic carbocycles. The van der Waals surface area contributed by atoms with E-state index in [1.807, 2.05) is 6.92 Å². The van der Waals surface area contributed by atoms with Crippen molar-refractivity contribution in [2.45, 2.75) is 24.3 Å². The predicted molar refractivity (Wildman–Crippen MR) is 65.5 cm³/mol. The monoisotopic (exact) mass is 286 g/mol. The zero-order chi connectivity index (χ0) is 14.2. The van der Waals surface area contributed by atoms with Crippen LogP contribution in [0.5, 0.6) is 0 Å². The molecule has 1 aliphatic heterocycles. The lowest BCUT2D eigenvalue weighted by atomic mass is 10.2. The quantitative estimate of drug-likeness (QED) is 0.815. The lowest BCUT2D eigenvalue weighted by molar-refractivity contribution is -0.0382. The predicted octanol–water partition coefficient (Wildman–Crippen LogP) is -0.000180. The van der Waals surface area contributed by atoms with Crippen LogP contribution < -0.4 is 5.32 Å². The number of amides is 2. The molecule has 0 aromatic heterocycles.